The zero-order valence-corrected chi connectivity index (χ0v) is 36.9. The van der Waals surface area contributed by atoms with Crippen LogP contribution in [0.1, 0.15) is 67.5 Å². The fourth-order valence-electron chi connectivity index (χ4n) is 12.5. The van der Waals surface area contributed by atoms with E-state index in [4.69, 9.17) is 0 Å². The standard InChI is InChI=1S/C67H44/c1-4-17-43(18-5-1)46-21-16-22-49(39-46)64-56-36-34-48(47-33-35-55-59(41-47)53-27-12-13-28-54(53)63(55)50-32-31-44-19-10-11-20-45(44)40-50)42-60(56)57-37-38-62-65(66(57)64)58-29-14-15-30-61(58)67(62,51-23-6-2-7-24-51)52-25-8-3-9-26-52/h1-42,63-64H. The fourth-order valence-corrected chi connectivity index (χ4v) is 12.5. The van der Waals surface area contributed by atoms with Crippen molar-refractivity contribution < 1.29 is 0 Å². The van der Waals surface area contributed by atoms with Gasteiger partial charge in [-0.25, -0.2) is 0 Å². The van der Waals surface area contributed by atoms with Crippen molar-refractivity contribution in [1.82, 2.24) is 0 Å². The van der Waals surface area contributed by atoms with Crippen molar-refractivity contribution in [3.05, 3.63) is 310 Å². The predicted octanol–water partition coefficient (Wildman–Crippen LogP) is 16.9. The quantitative estimate of drug-likeness (QED) is 0.156. The second-order valence-electron chi connectivity index (χ2n) is 18.6. The Morgan fingerprint density at radius 3 is 1.57 bits per heavy atom. The van der Waals surface area contributed by atoms with Crippen molar-refractivity contribution in [2.45, 2.75) is 17.3 Å². The molecule has 0 spiro atoms. The van der Waals surface area contributed by atoms with Gasteiger partial charge in [0.25, 0.3) is 0 Å². The Morgan fingerprint density at radius 1 is 0.269 bits per heavy atom. The Balaban J connectivity index is 0.979. The number of fused-ring (bicyclic) bond motifs is 11. The van der Waals surface area contributed by atoms with Crippen molar-refractivity contribution >= 4 is 10.8 Å². The first-order chi connectivity index (χ1) is 33.2. The normalized spacial score (nSPS) is 15.6. The summed E-state index contributed by atoms with van der Waals surface area (Å²) in [6.45, 7) is 0. The Labute approximate surface area is 392 Å². The van der Waals surface area contributed by atoms with Crippen molar-refractivity contribution in [2.24, 2.45) is 0 Å². The summed E-state index contributed by atoms with van der Waals surface area (Å²) in [6.07, 6.45) is 0. The topological polar surface area (TPSA) is 0 Å². The zero-order chi connectivity index (χ0) is 44.1. The summed E-state index contributed by atoms with van der Waals surface area (Å²) in [5, 5.41) is 2.56. The third-order valence-corrected chi connectivity index (χ3v) is 15.3. The largest absolute Gasteiger partial charge is 0.0713 e. The first kappa shape index (κ1) is 38.0. The van der Waals surface area contributed by atoms with E-state index >= 15 is 0 Å². The predicted molar refractivity (Wildman–Crippen MR) is 278 cm³/mol. The molecule has 0 heteroatoms. The number of rotatable bonds is 6. The van der Waals surface area contributed by atoms with Crippen LogP contribution in [0.25, 0.3) is 66.4 Å². The third-order valence-electron chi connectivity index (χ3n) is 15.3. The fraction of sp³-hybridized carbons (Fsp3) is 0.0448. The lowest BCUT2D eigenvalue weighted by molar-refractivity contribution is 0.767. The van der Waals surface area contributed by atoms with Crippen LogP contribution in [-0.4, -0.2) is 0 Å². The first-order valence-corrected chi connectivity index (χ1v) is 23.6. The average Bonchev–Trinajstić information content (AvgIpc) is 4.03. The maximum Gasteiger partial charge on any atom is 0.0713 e. The maximum absolute atomic E-state index is 2.49. The lowest BCUT2D eigenvalue weighted by Crippen LogP contribution is -2.28. The van der Waals surface area contributed by atoms with Crippen molar-refractivity contribution in [3.63, 3.8) is 0 Å². The van der Waals surface area contributed by atoms with E-state index in [0.29, 0.717) is 0 Å². The van der Waals surface area contributed by atoms with E-state index in [9.17, 15) is 0 Å². The first-order valence-electron chi connectivity index (χ1n) is 23.6. The minimum Gasteiger partial charge on any atom is -0.0622 e. The minimum atomic E-state index is -0.481. The molecule has 3 aliphatic rings. The van der Waals surface area contributed by atoms with Gasteiger partial charge >= 0.3 is 0 Å². The zero-order valence-electron chi connectivity index (χ0n) is 36.9. The van der Waals surface area contributed by atoms with Crippen molar-refractivity contribution in [3.8, 4) is 55.6 Å². The van der Waals surface area contributed by atoms with Gasteiger partial charge in [0.2, 0.25) is 0 Å². The molecule has 0 heterocycles. The molecule has 0 aliphatic heterocycles. The van der Waals surface area contributed by atoms with E-state index in [-0.39, 0.29) is 11.8 Å². The van der Waals surface area contributed by atoms with E-state index in [1.165, 1.54) is 122 Å². The molecular weight excluding hydrogens is 805 g/mol. The molecule has 3 aliphatic carbocycles. The molecule has 14 rings (SSSR count). The molecule has 0 amide bonds. The molecule has 0 nitrogen and oxygen atoms in total. The van der Waals surface area contributed by atoms with Crippen LogP contribution in [0.2, 0.25) is 0 Å². The molecule has 0 fully saturated rings. The summed E-state index contributed by atoms with van der Waals surface area (Å²) in [6, 6.07) is 95.9. The number of hydrogen-bond acceptors (Lipinski definition) is 0. The second-order valence-corrected chi connectivity index (χ2v) is 18.6. The molecule has 2 unspecified atom stereocenters. The van der Waals surface area contributed by atoms with Crippen LogP contribution in [0.4, 0.5) is 0 Å². The van der Waals surface area contributed by atoms with Gasteiger partial charge in [-0.2, -0.15) is 0 Å². The van der Waals surface area contributed by atoms with Gasteiger partial charge in [-0.3, -0.25) is 0 Å². The summed E-state index contributed by atoms with van der Waals surface area (Å²) in [4.78, 5) is 0. The highest BCUT2D eigenvalue weighted by molar-refractivity contribution is 5.97. The minimum absolute atomic E-state index is 0.0303. The molecule has 67 heavy (non-hydrogen) atoms. The van der Waals surface area contributed by atoms with Crippen LogP contribution in [0.5, 0.6) is 0 Å². The van der Waals surface area contributed by atoms with Crippen LogP contribution in [-0.2, 0) is 5.41 Å². The Hall–Kier alpha value is -8.32. The van der Waals surface area contributed by atoms with Crippen molar-refractivity contribution in [2.75, 3.05) is 0 Å². The highest BCUT2D eigenvalue weighted by Crippen LogP contribution is 2.62. The summed E-state index contributed by atoms with van der Waals surface area (Å²) in [5.41, 5.74) is 25.9. The molecular formula is C67H44. The molecule has 11 aromatic carbocycles. The molecule has 312 valence electrons. The second kappa shape index (κ2) is 14.9. The van der Waals surface area contributed by atoms with Crippen LogP contribution >= 0.6 is 0 Å². The van der Waals surface area contributed by atoms with Crippen molar-refractivity contribution in [1.29, 1.82) is 0 Å². The lowest BCUT2D eigenvalue weighted by Gasteiger charge is -2.34. The monoisotopic (exact) mass is 848 g/mol. The summed E-state index contributed by atoms with van der Waals surface area (Å²) in [5.74, 6) is 0.218. The van der Waals surface area contributed by atoms with E-state index in [2.05, 4.69) is 255 Å². The van der Waals surface area contributed by atoms with Gasteiger partial charge in [0, 0.05) is 11.8 Å². The van der Waals surface area contributed by atoms with Gasteiger partial charge < -0.3 is 0 Å². The van der Waals surface area contributed by atoms with Crippen LogP contribution in [0.15, 0.2) is 255 Å². The Bertz CT molecular complexity index is 3710. The van der Waals surface area contributed by atoms with Gasteiger partial charge in [0.15, 0.2) is 0 Å². The molecule has 0 saturated carbocycles. The lowest BCUT2D eigenvalue weighted by atomic mass is 9.67. The molecule has 0 N–H and O–H groups in total. The highest BCUT2D eigenvalue weighted by atomic mass is 14.5. The van der Waals surface area contributed by atoms with E-state index in [0.717, 1.165) is 0 Å². The summed E-state index contributed by atoms with van der Waals surface area (Å²) >= 11 is 0. The molecule has 0 saturated heterocycles. The SMILES string of the molecule is c1ccc(-c2cccc(C3c4ccc(-c5ccc6c(c5)-c5ccccc5C6c5ccc6ccccc6c5)cc4-c4ccc5c(c43)-c3ccccc3C5(c3ccccc3)c3ccccc3)c2)cc1. The summed E-state index contributed by atoms with van der Waals surface area (Å²) < 4.78 is 0. The molecule has 11 aromatic rings. The number of benzene rings is 11. The molecule has 2 atom stereocenters. The van der Waals surface area contributed by atoms with Gasteiger partial charge in [-0.1, -0.05) is 243 Å². The molecule has 0 bridgehead atoms. The maximum atomic E-state index is 2.49. The molecule has 0 aromatic heterocycles. The highest BCUT2D eigenvalue weighted by Gasteiger charge is 2.49. The van der Waals surface area contributed by atoms with Gasteiger partial charge in [-0.05, 0) is 134 Å². The van der Waals surface area contributed by atoms with Crippen LogP contribution in [0, 0.1) is 0 Å². The Morgan fingerprint density at radius 2 is 0.821 bits per heavy atom. The third kappa shape index (κ3) is 5.60. The smallest absolute Gasteiger partial charge is 0.0622 e. The average molecular weight is 849 g/mol. The van der Waals surface area contributed by atoms with Gasteiger partial charge in [0.1, 0.15) is 0 Å². The van der Waals surface area contributed by atoms with E-state index in [1.54, 1.807) is 0 Å². The van der Waals surface area contributed by atoms with E-state index in [1.807, 2.05) is 0 Å². The number of hydrogen-bond donors (Lipinski definition) is 0. The summed E-state index contributed by atoms with van der Waals surface area (Å²) in [7, 11) is 0. The molecule has 0 radical (unpaired) electrons. The Kier molecular flexibility index (Phi) is 8.43. The van der Waals surface area contributed by atoms with E-state index < -0.39 is 5.41 Å². The van der Waals surface area contributed by atoms with Gasteiger partial charge in [0.05, 0.1) is 5.41 Å². The van der Waals surface area contributed by atoms with Crippen LogP contribution in [0.3, 0.4) is 0 Å². The van der Waals surface area contributed by atoms with Crippen LogP contribution < -0.4 is 0 Å². The van der Waals surface area contributed by atoms with Gasteiger partial charge in [-0.15, -0.1) is 0 Å².